The third-order valence-electron chi connectivity index (χ3n) is 0. The summed E-state index contributed by atoms with van der Waals surface area (Å²) < 4.78 is 19.3. The highest BCUT2D eigenvalue weighted by molar-refractivity contribution is 7.89. The lowest BCUT2D eigenvalue weighted by atomic mass is 10.6. The van der Waals surface area contributed by atoms with E-state index in [0.717, 1.165) is 12.5 Å². The number of rotatable bonds is 0. The van der Waals surface area contributed by atoms with E-state index < -0.39 is 9.84 Å². The minimum absolute atomic E-state index is 0.167. The van der Waals surface area contributed by atoms with Gasteiger partial charge >= 0.3 is 0 Å². The predicted molar refractivity (Wildman–Crippen MR) is 82.5 cm³/mol. The van der Waals surface area contributed by atoms with Gasteiger partial charge in [-0.15, -0.1) is 0 Å². The Kier molecular flexibility index (Phi) is 95.0. The molecular weight excluding hydrogens is 236 g/mol. The molecular formula is C13H36O3S. The molecule has 0 aliphatic heterocycles. The number of hydrogen-bond donors (Lipinski definition) is 0. The summed E-state index contributed by atoms with van der Waals surface area (Å²) in [5.41, 5.74) is 0. The van der Waals surface area contributed by atoms with Crippen molar-refractivity contribution in [2.75, 3.05) is 12.5 Å². The summed E-state index contributed by atoms with van der Waals surface area (Å²) in [7, 11) is -2.67. The normalized spacial score (nSPS) is 6.35. The number of carbonyl (C=O) groups excluding carboxylic acids is 1. The van der Waals surface area contributed by atoms with E-state index in [-0.39, 0.29) is 5.78 Å². The third-order valence-corrected chi connectivity index (χ3v) is 0. The van der Waals surface area contributed by atoms with Crippen LogP contribution in [-0.2, 0) is 14.6 Å². The molecule has 0 N–H and O–H groups in total. The van der Waals surface area contributed by atoms with Crippen molar-refractivity contribution >= 4 is 15.6 Å². The maximum atomic E-state index is 9.63. The molecule has 0 spiro atoms. The molecule has 0 radical (unpaired) electrons. The van der Waals surface area contributed by atoms with Crippen LogP contribution in [-0.4, -0.2) is 26.7 Å². The zero-order valence-corrected chi connectivity index (χ0v) is 14.9. The number of carbonyl (C=O) groups is 1. The van der Waals surface area contributed by atoms with E-state index in [1.807, 2.05) is 55.4 Å². The molecule has 0 aliphatic carbocycles. The Labute approximate surface area is 111 Å². The number of Topliss-reactive ketones (excluding diaryl/α,β-unsaturated/α-hetero) is 1. The van der Waals surface area contributed by atoms with Crippen molar-refractivity contribution in [2.45, 2.75) is 69.2 Å². The van der Waals surface area contributed by atoms with Crippen LogP contribution >= 0.6 is 0 Å². The van der Waals surface area contributed by atoms with Crippen LogP contribution in [0.2, 0.25) is 0 Å². The van der Waals surface area contributed by atoms with Crippen LogP contribution in [0.5, 0.6) is 0 Å². The first kappa shape index (κ1) is 36.0. The first-order valence-electron chi connectivity index (χ1n) is 6.35. The maximum absolute atomic E-state index is 9.63. The second-order valence-corrected chi connectivity index (χ2v) is 4.34. The smallest absolute Gasteiger partial charge is 0.144 e. The van der Waals surface area contributed by atoms with Crippen molar-refractivity contribution in [1.29, 1.82) is 0 Å². The molecule has 0 atom stereocenters. The fourth-order valence-corrected chi connectivity index (χ4v) is 0. The fraction of sp³-hybridized carbons (Fsp3) is 0.923. The minimum atomic E-state index is -2.67. The first-order valence-corrected chi connectivity index (χ1v) is 8.65. The second-order valence-electron chi connectivity index (χ2n) is 2.05. The summed E-state index contributed by atoms with van der Waals surface area (Å²) in [6.45, 7) is 19.1. The molecule has 0 unspecified atom stereocenters. The molecule has 0 saturated carbocycles. The summed E-state index contributed by atoms with van der Waals surface area (Å²) in [5.74, 6) is 0.167. The first-order chi connectivity index (χ1) is 7.73. The number of ketones is 1. The van der Waals surface area contributed by atoms with Crippen molar-refractivity contribution in [3.05, 3.63) is 0 Å². The molecule has 0 rings (SSSR count). The summed E-state index contributed by atoms with van der Waals surface area (Å²) in [6.07, 6.45) is 2.32. The van der Waals surface area contributed by atoms with Gasteiger partial charge in [-0.1, -0.05) is 55.4 Å². The molecule has 4 heteroatoms. The monoisotopic (exact) mass is 272 g/mol. The topological polar surface area (TPSA) is 51.2 Å². The maximum Gasteiger partial charge on any atom is 0.144 e. The van der Waals surface area contributed by atoms with Gasteiger partial charge in [-0.25, -0.2) is 8.42 Å². The molecule has 0 saturated heterocycles. The van der Waals surface area contributed by atoms with Crippen molar-refractivity contribution in [3.8, 4) is 0 Å². The standard InChI is InChI=1S/C3H6O.C2H6O2S.4C2H6/c1-3(2)4;1-5(2,3)4;4*1-2/h1-2H3;1-2H3;4*1-2H3. The lowest BCUT2D eigenvalue weighted by Crippen LogP contribution is -1.86. The molecule has 0 bridgehead atoms. The van der Waals surface area contributed by atoms with Crippen LogP contribution in [0.3, 0.4) is 0 Å². The molecule has 17 heavy (non-hydrogen) atoms. The largest absolute Gasteiger partial charge is 0.300 e. The highest BCUT2D eigenvalue weighted by atomic mass is 32.2. The van der Waals surface area contributed by atoms with Gasteiger partial charge < -0.3 is 4.79 Å². The van der Waals surface area contributed by atoms with Crippen LogP contribution in [0, 0.1) is 0 Å². The van der Waals surface area contributed by atoms with E-state index in [9.17, 15) is 13.2 Å². The quantitative estimate of drug-likeness (QED) is 0.658. The summed E-state index contributed by atoms with van der Waals surface area (Å²) in [4.78, 5) is 9.44. The number of hydrogen-bond acceptors (Lipinski definition) is 3. The van der Waals surface area contributed by atoms with Gasteiger partial charge in [0.25, 0.3) is 0 Å². The highest BCUT2D eigenvalue weighted by Gasteiger charge is 1.79. The van der Waals surface area contributed by atoms with E-state index in [1.165, 1.54) is 13.8 Å². The van der Waals surface area contributed by atoms with Crippen LogP contribution in [0.25, 0.3) is 0 Å². The van der Waals surface area contributed by atoms with E-state index in [4.69, 9.17) is 0 Å². The fourth-order valence-electron chi connectivity index (χ4n) is 0. The van der Waals surface area contributed by atoms with Gasteiger partial charge in [-0.2, -0.15) is 0 Å². The van der Waals surface area contributed by atoms with Gasteiger partial charge in [-0.05, 0) is 13.8 Å². The summed E-state index contributed by atoms with van der Waals surface area (Å²) >= 11 is 0. The van der Waals surface area contributed by atoms with E-state index >= 15 is 0 Å². The van der Waals surface area contributed by atoms with Gasteiger partial charge in [0.15, 0.2) is 0 Å². The van der Waals surface area contributed by atoms with Crippen molar-refractivity contribution in [3.63, 3.8) is 0 Å². The SMILES string of the molecule is CC.CC.CC.CC.CC(C)=O.CS(C)(=O)=O. The zero-order chi connectivity index (χ0) is 16.1. The van der Waals surface area contributed by atoms with Gasteiger partial charge in [0.2, 0.25) is 0 Å². The Bertz CT molecular complexity index is 159. The van der Waals surface area contributed by atoms with Gasteiger partial charge in [0.1, 0.15) is 15.6 Å². The average Bonchev–Trinajstić information content (AvgIpc) is 2.25. The third kappa shape index (κ3) is 20100. The van der Waals surface area contributed by atoms with Crippen molar-refractivity contribution in [2.24, 2.45) is 0 Å². The lowest BCUT2D eigenvalue weighted by Gasteiger charge is -1.69. The average molecular weight is 272 g/mol. The Balaban J connectivity index is -0.0000000228. The Morgan fingerprint density at radius 2 is 0.647 bits per heavy atom. The minimum Gasteiger partial charge on any atom is -0.300 e. The molecule has 0 amide bonds. The van der Waals surface area contributed by atoms with Gasteiger partial charge in [0.05, 0.1) is 0 Å². The van der Waals surface area contributed by atoms with E-state index in [0.29, 0.717) is 0 Å². The zero-order valence-electron chi connectivity index (χ0n) is 14.1. The van der Waals surface area contributed by atoms with Crippen molar-refractivity contribution < 1.29 is 13.2 Å². The Hall–Kier alpha value is -0.380. The molecule has 0 aliphatic rings. The van der Waals surface area contributed by atoms with Crippen LogP contribution in [0.4, 0.5) is 0 Å². The van der Waals surface area contributed by atoms with Crippen LogP contribution < -0.4 is 0 Å². The Morgan fingerprint density at radius 1 is 0.647 bits per heavy atom. The molecule has 0 aromatic heterocycles. The highest BCUT2D eigenvalue weighted by Crippen LogP contribution is 1.61. The predicted octanol–water partition coefficient (Wildman–Crippen LogP) is 4.36. The molecule has 112 valence electrons. The molecule has 0 heterocycles. The Morgan fingerprint density at radius 3 is 0.647 bits per heavy atom. The van der Waals surface area contributed by atoms with E-state index in [1.54, 1.807) is 0 Å². The van der Waals surface area contributed by atoms with Crippen molar-refractivity contribution in [1.82, 2.24) is 0 Å². The van der Waals surface area contributed by atoms with Gasteiger partial charge in [-0.3, -0.25) is 0 Å². The lowest BCUT2D eigenvalue weighted by molar-refractivity contribution is -0.114. The molecule has 0 fully saturated rings. The molecule has 3 nitrogen and oxygen atoms in total. The van der Waals surface area contributed by atoms with Crippen LogP contribution in [0.15, 0.2) is 0 Å². The van der Waals surface area contributed by atoms with Gasteiger partial charge in [0, 0.05) is 12.5 Å². The second kappa shape index (κ2) is 44.9. The summed E-state index contributed by atoms with van der Waals surface area (Å²) in [6, 6.07) is 0. The van der Waals surface area contributed by atoms with E-state index in [2.05, 4.69) is 0 Å². The molecule has 0 aromatic rings. The summed E-state index contributed by atoms with van der Waals surface area (Å²) in [5, 5.41) is 0. The number of sulfone groups is 1. The molecule has 0 aromatic carbocycles. The van der Waals surface area contributed by atoms with Crippen LogP contribution in [0.1, 0.15) is 69.2 Å².